The highest BCUT2D eigenvalue weighted by Gasteiger charge is 2.18. The van der Waals surface area contributed by atoms with Crippen LogP contribution in [0.1, 0.15) is 26.3 Å². The van der Waals surface area contributed by atoms with Crippen LogP contribution in [0.4, 0.5) is 11.4 Å². The predicted octanol–water partition coefficient (Wildman–Crippen LogP) is 3.71. The molecule has 2 amide bonds. The number of carboxylic acid groups (broad SMARTS) is 1. The second kappa shape index (κ2) is 10.6. The van der Waals surface area contributed by atoms with Gasteiger partial charge in [-0.2, -0.15) is 0 Å². The molecule has 0 radical (unpaired) electrons. The van der Waals surface area contributed by atoms with Crippen LogP contribution in [0.25, 0.3) is 6.08 Å². The number of rotatable bonds is 8. The molecule has 172 valence electrons. The molecule has 3 N–H and O–H groups in total. The maximum Gasteiger partial charge on any atom is 0.335 e. The number of non-ortho nitro benzene ring substituents is 1. The summed E-state index contributed by atoms with van der Waals surface area (Å²) in [6.07, 6.45) is 1.29. The van der Waals surface area contributed by atoms with Crippen LogP contribution in [0, 0.1) is 10.1 Å². The number of carboxylic acids is 1. The molecule has 0 aromatic heterocycles. The summed E-state index contributed by atoms with van der Waals surface area (Å²) in [7, 11) is 1.40. The predicted molar refractivity (Wildman–Crippen MR) is 124 cm³/mol. The van der Waals surface area contributed by atoms with E-state index in [1.165, 1.54) is 67.8 Å². The van der Waals surface area contributed by atoms with Gasteiger partial charge in [0.15, 0.2) is 0 Å². The van der Waals surface area contributed by atoms with E-state index in [4.69, 9.17) is 9.84 Å². The molecule has 0 bridgehead atoms. The van der Waals surface area contributed by atoms with Crippen molar-refractivity contribution in [1.29, 1.82) is 0 Å². The van der Waals surface area contributed by atoms with Crippen LogP contribution < -0.4 is 15.4 Å². The van der Waals surface area contributed by atoms with E-state index in [1.54, 1.807) is 18.2 Å². The lowest BCUT2D eigenvalue weighted by molar-refractivity contribution is -0.384. The number of hydrogen-bond acceptors (Lipinski definition) is 6. The number of carbonyl (C=O) groups excluding carboxylic acids is 2. The largest absolute Gasteiger partial charge is 0.496 e. The Morgan fingerprint density at radius 2 is 1.71 bits per heavy atom. The molecule has 0 heterocycles. The maximum absolute atomic E-state index is 13.0. The lowest BCUT2D eigenvalue weighted by Crippen LogP contribution is -2.31. The van der Waals surface area contributed by atoms with Crippen LogP contribution in [0.5, 0.6) is 5.75 Å². The first-order valence-corrected chi connectivity index (χ1v) is 9.83. The van der Waals surface area contributed by atoms with Crippen molar-refractivity contribution in [1.82, 2.24) is 5.32 Å². The SMILES string of the molecule is COc1ccccc1C(=O)NC(=Cc1cccc([N+](=O)[O-])c1)C(=O)Nc1ccc(C(=O)O)cc1. The zero-order valence-corrected chi connectivity index (χ0v) is 17.8. The van der Waals surface area contributed by atoms with E-state index in [9.17, 15) is 24.5 Å². The lowest BCUT2D eigenvalue weighted by Gasteiger charge is -2.13. The van der Waals surface area contributed by atoms with E-state index in [-0.39, 0.29) is 28.2 Å². The molecule has 0 spiro atoms. The van der Waals surface area contributed by atoms with Gasteiger partial charge in [0.1, 0.15) is 11.4 Å². The zero-order chi connectivity index (χ0) is 24.7. The quantitative estimate of drug-likeness (QED) is 0.263. The summed E-state index contributed by atoms with van der Waals surface area (Å²) in [5.41, 5.74) is 0.420. The molecule has 10 nitrogen and oxygen atoms in total. The normalized spacial score (nSPS) is 10.8. The summed E-state index contributed by atoms with van der Waals surface area (Å²) in [5.74, 6) is -2.18. The van der Waals surface area contributed by atoms with E-state index in [2.05, 4.69) is 10.6 Å². The molecule has 0 saturated heterocycles. The number of methoxy groups -OCH3 is 1. The van der Waals surface area contributed by atoms with E-state index in [1.807, 2.05) is 0 Å². The Morgan fingerprint density at radius 3 is 2.35 bits per heavy atom. The molecule has 0 aliphatic carbocycles. The molecule has 0 saturated carbocycles. The van der Waals surface area contributed by atoms with Crippen molar-refractivity contribution in [2.45, 2.75) is 0 Å². The van der Waals surface area contributed by atoms with Crippen LogP contribution >= 0.6 is 0 Å². The topological polar surface area (TPSA) is 148 Å². The highest BCUT2D eigenvalue weighted by atomic mass is 16.6. The molecule has 34 heavy (non-hydrogen) atoms. The lowest BCUT2D eigenvalue weighted by atomic mass is 10.1. The number of nitrogens with zero attached hydrogens (tertiary/aromatic N) is 1. The third-order valence-corrected chi connectivity index (χ3v) is 4.63. The minimum atomic E-state index is -1.12. The van der Waals surface area contributed by atoms with Crippen molar-refractivity contribution < 1.29 is 29.2 Å². The molecule has 10 heteroatoms. The zero-order valence-electron chi connectivity index (χ0n) is 17.8. The second-order valence-electron chi connectivity index (χ2n) is 6.90. The number of aromatic carboxylic acids is 1. The number of nitro groups is 1. The maximum atomic E-state index is 13.0. The van der Waals surface area contributed by atoms with Gasteiger partial charge in [-0.15, -0.1) is 0 Å². The summed E-state index contributed by atoms with van der Waals surface area (Å²) in [6, 6.07) is 17.4. The highest BCUT2D eigenvalue weighted by Crippen LogP contribution is 2.20. The van der Waals surface area contributed by atoms with Gasteiger partial charge in [0.05, 0.1) is 23.2 Å². The van der Waals surface area contributed by atoms with Gasteiger partial charge in [-0.3, -0.25) is 19.7 Å². The molecular weight excluding hydrogens is 442 g/mol. The van der Waals surface area contributed by atoms with Gasteiger partial charge < -0.3 is 20.5 Å². The number of amides is 2. The number of anilines is 1. The summed E-state index contributed by atoms with van der Waals surface area (Å²) in [4.78, 5) is 47.4. The summed E-state index contributed by atoms with van der Waals surface area (Å²) < 4.78 is 5.19. The fraction of sp³-hybridized carbons (Fsp3) is 0.0417. The Morgan fingerprint density at radius 1 is 1.00 bits per heavy atom. The third kappa shape index (κ3) is 5.82. The molecule has 0 aliphatic heterocycles. The molecule has 3 aromatic carbocycles. The van der Waals surface area contributed by atoms with E-state index in [0.29, 0.717) is 11.3 Å². The van der Waals surface area contributed by atoms with Crippen molar-refractivity contribution in [3.63, 3.8) is 0 Å². The van der Waals surface area contributed by atoms with E-state index in [0.717, 1.165) is 0 Å². The Hall–Kier alpha value is -4.99. The van der Waals surface area contributed by atoms with Crippen LogP contribution in [0.2, 0.25) is 0 Å². The minimum Gasteiger partial charge on any atom is -0.496 e. The first-order chi connectivity index (χ1) is 16.3. The van der Waals surface area contributed by atoms with E-state index < -0.39 is 22.7 Å². The van der Waals surface area contributed by atoms with Crippen LogP contribution in [0.15, 0.2) is 78.5 Å². The minimum absolute atomic E-state index is 0.0369. The average molecular weight is 461 g/mol. The Kier molecular flexibility index (Phi) is 7.34. The number of nitro benzene ring substituents is 1. The number of ether oxygens (including phenoxy) is 1. The molecule has 3 rings (SSSR count). The number of carbonyl (C=O) groups is 3. The fourth-order valence-electron chi connectivity index (χ4n) is 2.97. The first kappa shape index (κ1) is 23.7. The smallest absolute Gasteiger partial charge is 0.335 e. The third-order valence-electron chi connectivity index (χ3n) is 4.63. The molecule has 0 unspecified atom stereocenters. The molecular formula is C24H19N3O7. The van der Waals surface area contributed by atoms with Crippen molar-refractivity contribution in [3.8, 4) is 5.75 Å². The van der Waals surface area contributed by atoms with Crippen LogP contribution in [0.3, 0.4) is 0 Å². The number of hydrogen-bond donors (Lipinski definition) is 3. The van der Waals surface area contributed by atoms with Gasteiger partial charge in [-0.25, -0.2) is 4.79 Å². The first-order valence-electron chi connectivity index (χ1n) is 9.83. The average Bonchev–Trinajstić information content (AvgIpc) is 2.84. The Labute approximate surface area is 193 Å². The molecule has 3 aromatic rings. The van der Waals surface area contributed by atoms with Crippen LogP contribution in [-0.4, -0.2) is 34.9 Å². The fourth-order valence-corrected chi connectivity index (χ4v) is 2.97. The highest BCUT2D eigenvalue weighted by molar-refractivity contribution is 6.11. The van der Waals surface area contributed by atoms with Crippen molar-refractivity contribution in [3.05, 3.63) is 105 Å². The Bertz CT molecular complexity index is 1280. The van der Waals surface area contributed by atoms with Gasteiger partial charge in [0.25, 0.3) is 17.5 Å². The van der Waals surface area contributed by atoms with Crippen LogP contribution in [-0.2, 0) is 4.79 Å². The summed E-state index contributed by atoms with van der Waals surface area (Å²) in [5, 5.41) is 25.2. The second-order valence-corrected chi connectivity index (χ2v) is 6.90. The standard InChI is InChI=1S/C24H19N3O7/c1-34-21-8-3-2-7-19(21)22(28)26-20(14-15-5-4-6-18(13-15)27(32)33)23(29)25-17-11-9-16(10-12-17)24(30)31/h2-14H,1H3,(H,25,29)(H,26,28)(H,30,31). The van der Waals surface area contributed by atoms with Gasteiger partial charge in [-0.05, 0) is 48.0 Å². The summed E-state index contributed by atoms with van der Waals surface area (Å²) >= 11 is 0. The van der Waals surface area contributed by atoms with Crippen molar-refractivity contribution in [2.75, 3.05) is 12.4 Å². The molecule has 0 fully saturated rings. The number of benzene rings is 3. The van der Waals surface area contributed by atoms with Crippen molar-refractivity contribution >= 4 is 35.2 Å². The summed E-state index contributed by atoms with van der Waals surface area (Å²) in [6.45, 7) is 0. The van der Waals surface area contributed by atoms with Gasteiger partial charge in [0, 0.05) is 17.8 Å². The van der Waals surface area contributed by atoms with Gasteiger partial charge in [0.2, 0.25) is 0 Å². The number of nitrogens with one attached hydrogen (secondary N) is 2. The van der Waals surface area contributed by atoms with E-state index >= 15 is 0 Å². The van der Waals surface area contributed by atoms with Gasteiger partial charge in [-0.1, -0.05) is 24.3 Å². The molecule has 0 atom stereocenters. The number of para-hydroxylation sites is 1. The van der Waals surface area contributed by atoms with Gasteiger partial charge >= 0.3 is 5.97 Å². The van der Waals surface area contributed by atoms with Crippen molar-refractivity contribution in [2.24, 2.45) is 0 Å². The monoisotopic (exact) mass is 461 g/mol. The Balaban J connectivity index is 1.94. The molecule has 0 aliphatic rings.